The minimum Gasteiger partial charge on any atom is -0.300 e. The van der Waals surface area contributed by atoms with Crippen LogP contribution in [0.2, 0.25) is 0 Å². The van der Waals surface area contributed by atoms with Gasteiger partial charge in [0.15, 0.2) is 0 Å². The Hall–Kier alpha value is -0.880. The number of unbranched alkanes of at least 4 members (excludes halogenated alkanes) is 4. The van der Waals surface area contributed by atoms with E-state index in [0.717, 1.165) is 51.4 Å². The lowest BCUT2D eigenvalue weighted by Crippen LogP contribution is -1.95. The summed E-state index contributed by atoms with van der Waals surface area (Å²) in [7, 11) is 0. The molecule has 0 heterocycles. The highest BCUT2D eigenvalue weighted by molar-refractivity contribution is 5.78. The van der Waals surface area contributed by atoms with Crippen molar-refractivity contribution < 1.29 is 9.59 Å². The van der Waals surface area contributed by atoms with Gasteiger partial charge in [-0.3, -0.25) is 4.79 Å². The van der Waals surface area contributed by atoms with E-state index in [0.29, 0.717) is 5.78 Å². The Balaban J connectivity index is 3.13. The Morgan fingerprint density at radius 1 is 1.14 bits per heavy atom. The van der Waals surface area contributed by atoms with Gasteiger partial charge in [0.2, 0.25) is 0 Å². The van der Waals surface area contributed by atoms with Crippen LogP contribution >= 0.6 is 0 Å². The van der Waals surface area contributed by atoms with Crippen molar-refractivity contribution in [3.05, 3.63) is 6.08 Å². The second kappa shape index (κ2) is 10.2. The third-order valence-corrected chi connectivity index (χ3v) is 2.17. The molecule has 0 aliphatic heterocycles. The summed E-state index contributed by atoms with van der Waals surface area (Å²) in [5, 5.41) is 0. The van der Waals surface area contributed by atoms with E-state index in [-0.39, 0.29) is 0 Å². The molecule has 0 unspecified atom stereocenters. The van der Waals surface area contributed by atoms with Crippen molar-refractivity contribution in [1.29, 1.82) is 0 Å². The molecule has 0 saturated carbocycles. The number of carbonyl (C=O) groups excluding carboxylic acids is 2. The molecule has 0 aromatic carbocycles. The molecule has 2 heteroatoms. The minimum absolute atomic E-state index is 0.389. The number of carbonyl (C=O) groups is 1. The number of allylic oxidation sites excluding steroid dienone is 1. The van der Waals surface area contributed by atoms with E-state index in [1.54, 1.807) is 5.94 Å². The van der Waals surface area contributed by atoms with Crippen molar-refractivity contribution >= 4 is 11.7 Å². The largest absolute Gasteiger partial charge is 0.300 e. The first kappa shape index (κ1) is 13.1. The van der Waals surface area contributed by atoms with Gasteiger partial charge in [0.1, 0.15) is 11.7 Å². The van der Waals surface area contributed by atoms with E-state index in [9.17, 15) is 9.59 Å². The Labute approximate surface area is 86.4 Å². The van der Waals surface area contributed by atoms with E-state index < -0.39 is 0 Å². The van der Waals surface area contributed by atoms with Crippen LogP contribution in [0.15, 0.2) is 6.08 Å². The molecule has 0 radical (unpaired) electrons. The summed E-state index contributed by atoms with van der Waals surface area (Å²) in [6, 6.07) is 0. The summed E-state index contributed by atoms with van der Waals surface area (Å²) in [5.41, 5.74) is 0. The smallest absolute Gasteiger partial charge is 0.132 e. The van der Waals surface area contributed by atoms with Gasteiger partial charge in [-0.1, -0.05) is 19.8 Å². The van der Waals surface area contributed by atoms with Crippen LogP contribution in [0.3, 0.4) is 0 Å². The lowest BCUT2D eigenvalue weighted by molar-refractivity contribution is -0.119. The van der Waals surface area contributed by atoms with E-state index >= 15 is 0 Å². The Kier molecular flexibility index (Phi) is 9.56. The van der Waals surface area contributed by atoms with Crippen LogP contribution in [-0.2, 0) is 9.59 Å². The monoisotopic (exact) mass is 196 g/mol. The van der Waals surface area contributed by atoms with Gasteiger partial charge in [0.25, 0.3) is 0 Å². The number of rotatable bonds is 9. The van der Waals surface area contributed by atoms with Gasteiger partial charge in [-0.25, -0.2) is 4.79 Å². The maximum atomic E-state index is 11.1. The van der Waals surface area contributed by atoms with Crippen molar-refractivity contribution in [1.82, 2.24) is 0 Å². The number of hydrogen-bond donors (Lipinski definition) is 0. The normalized spacial score (nSPS) is 9.50. The highest BCUT2D eigenvalue weighted by atomic mass is 16.1. The predicted molar refractivity (Wildman–Crippen MR) is 57.9 cm³/mol. The highest BCUT2D eigenvalue weighted by Crippen LogP contribution is 2.07. The Morgan fingerprint density at radius 2 is 1.86 bits per heavy atom. The zero-order chi connectivity index (χ0) is 10.6. The first-order valence-electron chi connectivity index (χ1n) is 5.52. The summed E-state index contributed by atoms with van der Waals surface area (Å²) in [6.07, 6.45) is 9.03. The van der Waals surface area contributed by atoms with Gasteiger partial charge >= 0.3 is 0 Å². The fourth-order valence-electron chi connectivity index (χ4n) is 1.38. The average Bonchev–Trinajstić information content (AvgIpc) is 2.17. The topological polar surface area (TPSA) is 34.1 Å². The standard InChI is InChI=1S/C12H20O2/c1-2-9-12(14)10-7-5-3-4-6-8-11-13/h8H,2-7,9-10H2,1H3. The van der Waals surface area contributed by atoms with Crippen molar-refractivity contribution in [2.24, 2.45) is 0 Å². The number of hydrogen-bond acceptors (Lipinski definition) is 2. The van der Waals surface area contributed by atoms with Crippen molar-refractivity contribution in [2.45, 2.75) is 58.3 Å². The summed E-state index contributed by atoms with van der Waals surface area (Å²) in [5.74, 6) is 2.15. The number of ketones is 1. The number of Topliss-reactive ketones (excluding diaryl/α,β-unsaturated/α-hetero) is 1. The molecule has 0 bridgehead atoms. The van der Waals surface area contributed by atoms with Gasteiger partial charge in [0.05, 0.1) is 0 Å². The van der Waals surface area contributed by atoms with Crippen molar-refractivity contribution in [3.63, 3.8) is 0 Å². The third-order valence-electron chi connectivity index (χ3n) is 2.17. The van der Waals surface area contributed by atoms with Gasteiger partial charge < -0.3 is 0 Å². The predicted octanol–water partition coefficient (Wildman–Crippen LogP) is 3.08. The minimum atomic E-state index is 0.389. The zero-order valence-corrected chi connectivity index (χ0v) is 9.05. The second-order valence-corrected chi connectivity index (χ2v) is 3.56. The molecular weight excluding hydrogens is 176 g/mol. The van der Waals surface area contributed by atoms with E-state index in [2.05, 4.69) is 0 Å². The van der Waals surface area contributed by atoms with Crippen LogP contribution in [0.25, 0.3) is 0 Å². The van der Waals surface area contributed by atoms with E-state index in [1.807, 2.05) is 6.92 Å². The fraction of sp³-hybridized carbons (Fsp3) is 0.750. The summed E-state index contributed by atoms with van der Waals surface area (Å²) >= 11 is 0. The van der Waals surface area contributed by atoms with Crippen LogP contribution in [-0.4, -0.2) is 11.7 Å². The quantitative estimate of drug-likeness (QED) is 0.419. The molecule has 0 atom stereocenters. The van der Waals surface area contributed by atoms with Gasteiger partial charge in [-0.15, -0.1) is 0 Å². The van der Waals surface area contributed by atoms with Crippen LogP contribution < -0.4 is 0 Å². The molecule has 0 aliphatic carbocycles. The molecule has 80 valence electrons. The van der Waals surface area contributed by atoms with Gasteiger partial charge in [-0.2, -0.15) is 0 Å². The molecule has 0 aromatic heterocycles. The molecule has 0 saturated heterocycles. The van der Waals surface area contributed by atoms with E-state index in [1.165, 1.54) is 6.08 Å². The Morgan fingerprint density at radius 3 is 2.50 bits per heavy atom. The van der Waals surface area contributed by atoms with E-state index in [4.69, 9.17) is 0 Å². The van der Waals surface area contributed by atoms with Crippen LogP contribution in [0.5, 0.6) is 0 Å². The molecule has 0 spiro atoms. The van der Waals surface area contributed by atoms with Crippen LogP contribution in [0.4, 0.5) is 0 Å². The average molecular weight is 196 g/mol. The van der Waals surface area contributed by atoms with Crippen LogP contribution in [0.1, 0.15) is 58.3 Å². The zero-order valence-electron chi connectivity index (χ0n) is 9.05. The third kappa shape index (κ3) is 9.21. The lowest BCUT2D eigenvalue weighted by atomic mass is 10.1. The van der Waals surface area contributed by atoms with Gasteiger partial charge in [0, 0.05) is 12.8 Å². The highest BCUT2D eigenvalue weighted by Gasteiger charge is 1.98. The Bertz CT molecular complexity index is 190. The maximum absolute atomic E-state index is 11.1. The molecule has 0 fully saturated rings. The lowest BCUT2D eigenvalue weighted by Gasteiger charge is -1.98. The molecule has 0 aliphatic rings. The molecule has 2 nitrogen and oxygen atoms in total. The van der Waals surface area contributed by atoms with Crippen molar-refractivity contribution in [3.8, 4) is 0 Å². The SMILES string of the molecule is CCCC(=O)CCCCCCC=C=O. The molecule has 0 rings (SSSR count). The fourth-order valence-corrected chi connectivity index (χ4v) is 1.38. The first-order valence-corrected chi connectivity index (χ1v) is 5.52. The van der Waals surface area contributed by atoms with Crippen molar-refractivity contribution in [2.75, 3.05) is 0 Å². The molecule has 0 aromatic rings. The summed E-state index contributed by atoms with van der Waals surface area (Å²) in [4.78, 5) is 21.0. The molecule has 0 amide bonds. The second-order valence-electron chi connectivity index (χ2n) is 3.56. The van der Waals surface area contributed by atoms with Crippen LogP contribution in [0, 0.1) is 0 Å². The molecule has 0 N–H and O–H groups in total. The first-order chi connectivity index (χ1) is 6.81. The summed E-state index contributed by atoms with van der Waals surface area (Å²) < 4.78 is 0. The summed E-state index contributed by atoms with van der Waals surface area (Å²) in [6.45, 7) is 2.03. The van der Waals surface area contributed by atoms with Gasteiger partial charge in [-0.05, 0) is 31.8 Å². The molecular formula is C12H20O2. The molecule has 14 heavy (non-hydrogen) atoms. The maximum Gasteiger partial charge on any atom is 0.132 e.